The van der Waals surface area contributed by atoms with E-state index in [2.05, 4.69) is 0 Å². The van der Waals surface area contributed by atoms with Gasteiger partial charge in [0.2, 0.25) is 10.0 Å². The number of sulfonamides is 1. The van der Waals surface area contributed by atoms with E-state index in [0.717, 1.165) is 19.3 Å². The van der Waals surface area contributed by atoms with Gasteiger partial charge in [-0.05, 0) is 49.3 Å². The quantitative estimate of drug-likeness (QED) is 0.861. The molecular formula is C18H22N2O5S. The highest BCUT2D eigenvalue weighted by Crippen LogP contribution is 2.42. The maximum Gasteiger partial charge on any atom is 0.326 e. The Morgan fingerprint density at radius 2 is 1.96 bits per heavy atom. The van der Waals surface area contributed by atoms with Gasteiger partial charge >= 0.3 is 5.97 Å². The maximum atomic E-state index is 13.0. The maximum absolute atomic E-state index is 13.0. The van der Waals surface area contributed by atoms with Crippen molar-refractivity contribution < 1.29 is 23.1 Å². The van der Waals surface area contributed by atoms with Crippen molar-refractivity contribution >= 4 is 27.6 Å². The van der Waals surface area contributed by atoms with Crippen LogP contribution in [0.3, 0.4) is 0 Å². The lowest BCUT2D eigenvalue weighted by atomic mass is 9.94. The SMILES string of the molecule is O=C(O)C1C2CCCC2CN1C(=O)c1cccc(N2CCCS2(=O)=O)c1. The van der Waals surface area contributed by atoms with Crippen molar-refractivity contribution in [1.82, 2.24) is 4.90 Å². The van der Waals surface area contributed by atoms with Gasteiger partial charge in [-0.25, -0.2) is 13.2 Å². The highest BCUT2D eigenvalue weighted by molar-refractivity contribution is 7.93. The summed E-state index contributed by atoms with van der Waals surface area (Å²) in [6, 6.07) is 5.74. The average molecular weight is 378 g/mol. The summed E-state index contributed by atoms with van der Waals surface area (Å²) in [5.74, 6) is -0.890. The number of carbonyl (C=O) groups is 2. The van der Waals surface area contributed by atoms with Crippen molar-refractivity contribution in [2.45, 2.75) is 31.7 Å². The molecule has 4 rings (SSSR count). The summed E-state index contributed by atoms with van der Waals surface area (Å²) < 4.78 is 25.6. The summed E-state index contributed by atoms with van der Waals surface area (Å²) in [4.78, 5) is 26.3. The smallest absolute Gasteiger partial charge is 0.326 e. The Hall–Kier alpha value is -2.09. The minimum absolute atomic E-state index is 0.0265. The van der Waals surface area contributed by atoms with Gasteiger partial charge in [0.05, 0.1) is 11.4 Å². The molecule has 0 aromatic heterocycles. The van der Waals surface area contributed by atoms with Crippen LogP contribution in [0.15, 0.2) is 24.3 Å². The second-order valence-electron chi connectivity index (χ2n) is 7.39. The Kier molecular flexibility index (Phi) is 4.17. The molecule has 140 valence electrons. The van der Waals surface area contributed by atoms with E-state index in [-0.39, 0.29) is 23.5 Å². The second-order valence-corrected chi connectivity index (χ2v) is 9.40. The Bertz CT molecular complexity index is 853. The lowest BCUT2D eigenvalue weighted by molar-refractivity contribution is -0.142. The number of aliphatic carboxylic acids is 1. The number of benzene rings is 1. The fourth-order valence-electron chi connectivity index (χ4n) is 4.72. The van der Waals surface area contributed by atoms with Gasteiger partial charge in [-0.1, -0.05) is 12.5 Å². The first-order valence-electron chi connectivity index (χ1n) is 9.03. The van der Waals surface area contributed by atoms with Crippen LogP contribution in [-0.2, 0) is 14.8 Å². The van der Waals surface area contributed by atoms with E-state index in [1.165, 1.54) is 9.21 Å². The number of anilines is 1. The van der Waals surface area contributed by atoms with Crippen LogP contribution >= 0.6 is 0 Å². The molecule has 1 aliphatic carbocycles. The predicted octanol–water partition coefficient (Wildman–Crippen LogP) is 1.55. The van der Waals surface area contributed by atoms with Crippen molar-refractivity contribution in [3.8, 4) is 0 Å². The third-order valence-corrected chi connectivity index (χ3v) is 7.75. The molecule has 0 radical (unpaired) electrons. The standard InChI is InChI=1S/C18H22N2O5S/c21-17(19-11-13-5-2-7-15(13)16(19)18(22)23)12-4-1-6-14(10-12)20-8-3-9-26(20,24)25/h1,4,6,10,13,15-16H,2-3,5,7-9,11H2,(H,22,23). The number of fused-ring (bicyclic) bond motifs is 1. The van der Waals surface area contributed by atoms with Crippen molar-refractivity contribution in [3.63, 3.8) is 0 Å². The van der Waals surface area contributed by atoms with Crippen LogP contribution in [0.25, 0.3) is 0 Å². The Labute approximate surface area is 152 Å². The van der Waals surface area contributed by atoms with E-state index in [1.54, 1.807) is 24.3 Å². The third kappa shape index (κ3) is 2.76. The van der Waals surface area contributed by atoms with E-state index in [9.17, 15) is 23.1 Å². The topological polar surface area (TPSA) is 95.0 Å². The molecule has 3 aliphatic rings. The van der Waals surface area contributed by atoms with Gasteiger partial charge in [-0.3, -0.25) is 9.10 Å². The molecule has 1 aromatic rings. The lowest BCUT2D eigenvalue weighted by Crippen LogP contribution is -2.43. The molecule has 1 amide bonds. The molecule has 2 heterocycles. The third-order valence-electron chi connectivity index (χ3n) is 5.88. The monoisotopic (exact) mass is 378 g/mol. The van der Waals surface area contributed by atoms with E-state index in [4.69, 9.17) is 0 Å². The van der Waals surface area contributed by atoms with Crippen molar-refractivity contribution in [3.05, 3.63) is 29.8 Å². The van der Waals surface area contributed by atoms with Crippen LogP contribution in [0.1, 0.15) is 36.0 Å². The van der Waals surface area contributed by atoms with E-state index in [0.29, 0.717) is 30.8 Å². The van der Waals surface area contributed by atoms with Gasteiger partial charge < -0.3 is 10.0 Å². The van der Waals surface area contributed by atoms with Crippen LogP contribution in [0.2, 0.25) is 0 Å². The van der Waals surface area contributed by atoms with Crippen LogP contribution in [0, 0.1) is 11.8 Å². The highest BCUT2D eigenvalue weighted by atomic mass is 32.2. The Morgan fingerprint density at radius 1 is 1.15 bits per heavy atom. The zero-order chi connectivity index (χ0) is 18.5. The van der Waals surface area contributed by atoms with E-state index in [1.807, 2.05) is 0 Å². The summed E-state index contributed by atoms with van der Waals surface area (Å²) in [6.45, 7) is 0.873. The number of amides is 1. The van der Waals surface area contributed by atoms with Gasteiger partial charge in [0, 0.05) is 18.7 Å². The van der Waals surface area contributed by atoms with E-state index < -0.39 is 22.0 Å². The number of carbonyl (C=O) groups excluding carboxylic acids is 1. The summed E-state index contributed by atoms with van der Waals surface area (Å²) in [6.07, 6.45) is 3.39. The van der Waals surface area contributed by atoms with Crippen molar-refractivity contribution in [1.29, 1.82) is 0 Å². The zero-order valence-electron chi connectivity index (χ0n) is 14.4. The highest BCUT2D eigenvalue weighted by Gasteiger charge is 2.49. The van der Waals surface area contributed by atoms with Crippen LogP contribution in [0.5, 0.6) is 0 Å². The summed E-state index contributed by atoms with van der Waals surface area (Å²) in [5.41, 5.74) is 0.815. The second kappa shape index (κ2) is 6.26. The van der Waals surface area contributed by atoms with Gasteiger partial charge in [-0.2, -0.15) is 0 Å². The largest absolute Gasteiger partial charge is 0.480 e. The molecule has 3 unspecified atom stereocenters. The molecule has 2 aliphatic heterocycles. The molecular weight excluding hydrogens is 356 g/mol. The Balaban J connectivity index is 1.62. The first kappa shape index (κ1) is 17.3. The number of carboxylic acid groups (broad SMARTS) is 1. The van der Waals surface area contributed by atoms with Crippen molar-refractivity contribution in [2.75, 3.05) is 23.1 Å². The van der Waals surface area contributed by atoms with E-state index >= 15 is 0 Å². The molecule has 1 aromatic carbocycles. The molecule has 8 heteroatoms. The van der Waals surface area contributed by atoms with Gasteiger partial charge in [0.15, 0.2) is 0 Å². The predicted molar refractivity (Wildman–Crippen MR) is 95.5 cm³/mol. The van der Waals surface area contributed by atoms with Gasteiger partial charge in [-0.15, -0.1) is 0 Å². The van der Waals surface area contributed by atoms with Gasteiger partial charge in [0.25, 0.3) is 5.91 Å². The molecule has 2 saturated heterocycles. The minimum Gasteiger partial charge on any atom is -0.480 e. The molecule has 1 saturated carbocycles. The van der Waals surface area contributed by atoms with Crippen LogP contribution < -0.4 is 4.31 Å². The molecule has 3 atom stereocenters. The van der Waals surface area contributed by atoms with Gasteiger partial charge in [0.1, 0.15) is 6.04 Å². The number of nitrogens with zero attached hydrogens (tertiary/aromatic N) is 2. The number of carboxylic acids is 1. The molecule has 1 N–H and O–H groups in total. The molecule has 3 fully saturated rings. The van der Waals surface area contributed by atoms with Crippen LogP contribution in [-0.4, -0.2) is 55.2 Å². The lowest BCUT2D eigenvalue weighted by Gasteiger charge is -2.25. The average Bonchev–Trinajstić information content (AvgIpc) is 3.27. The summed E-state index contributed by atoms with van der Waals surface area (Å²) in [5, 5.41) is 9.64. The fraction of sp³-hybridized carbons (Fsp3) is 0.556. The first-order chi connectivity index (χ1) is 12.4. The molecule has 26 heavy (non-hydrogen) atoms. The fourth-order valence-corrected chi connectivity index (χ4v) is 6.28. The number of hydrogen-bond donors (Lipinski definition) is 1. The number of rotatable bonds is 3. The number of likely N-dealkylation sites (tertiary alicyclic amines) is 1. The minimum atomic E-state index is -3.32. The normalized spacial score (nSPS) is 29.8. The first-order valence-corrected chi connectivity index (χ1v) is 10.6. The molecule has 0 bridgehead atoms. The molecule has 7 nitrogen and oxygen atoms in total. The van der Waals surface area contributed by atoms with Crippen LogP contribution in [0.4, 0.5) is 5.69 Å². The number of hydrogen-bond acceptors (Lipinski definition) is 4. The van der Waals surface area contributed by atoms with Crippen molar-refractivity contribution in [2.24, 2.45) is 11.8 Å². The Morgan fingerprint density at radius 3 is 2.65 bits per heavy atom. The summed E-state index contributed by atoms with van der Waals surface area (Å²) in [7, 11) is -3.32. The molecule has 0 spiro atoms. The summed E-state index contributed by atoms with van der Waals surface area (Å²) >= 11 is 0. The zero-order valence-corrected chi connectivity index (χ0v) is 15.2.